The molecule has 1 heterocycles. The summed E-state index contributed by atoms with van der Waals surface area (Å²) in [5.74, 6) is -1.94. The lowest BCUT2D eigenvalue weighted by Crippen LogP contribution is -2.42. The molecule has 4 aromatic rings. The number of carbonyl (C=O) groups excluding carboxylic acids is 1. The second-order valence-electron chi connectivity index (χ2n) is 7.24. The number of anilines is 1. The summed E-state index contributed by atoms with van der Waals surface area (Å²) >= 11 is 4.17. The second kappa shape index (κ2) is 9.87. The lowest BCUT2D eigenvalue weighted by atomic mass is 10.1. The minimum absolute atomic E-state index is 0.0177. The van der Waals surface area contributed by atoms with Crippen LogP contribution in [0.4, 0.5) is 5.69 Å². The number of rotatable bonds is 8. The zero-order chi connectivity index (χ0) is 24.3. The summed E-state index contributed by atoms with van der Waals surface area (Å²) in [6, 6.07) is 16.6. The number of carboxylic acid groups (broad SMARTS) is 1. The molecular formula is C22H17BrN4O5S2. The lowest BCUT2D eigenvalue weighted by molar-refractivity contribution is -0.139. The van der Waals surface area contributed by atoms with Crippen molar-refractivity contribution in [1.82, 2.24) is 14.1 Å². The molecule has 3 N–H and O–H groups in total. The Kier molecular flexibility index (Phi) is 6.91. The van der Waals surface area contributed by atoms with Gasteiger partial charge in [-0.25, -0.2) is 13.2 Å². The molecule has 1 amide bonds. The van der Waals surface area contributed by atoms with E-state index in [0.29, 0.717) is 9.99 Å². The first-order valence-electron chi connectivity index (χ1n) is 9.86. The Labute approximate surface area is 207 Å². The number of aliphatic carboxylic acids is 1. The number of benzene rings is 3. The molecule has 0 fully saturated rings. The van der Waals surface area contributed by atoms with Gasteiger partial charge in [-0.3, -0.25) is 9.52 Å². The van der Waals surface area contributed by atoms with Crippen LogP contribution in [0.3, 0.4) is 0 Å². The normalized spacial score (nSPS) is 12.3. The highest BCUT2D eigenvalue weighted by molar-refractivity contribution is 9.10. The van der Waals surface area contributed by atoms with Crippen molar-refractivity contribution >= 4 is 66.3 Å². The van der Waals surface area contributed by atoms with E-state index in [1.165, 1.54) is 18.2 Å². The first-order valence-corrected chi connectivity index (χ1v) is 12.9. The van der Waals surface area contributed by atoms with Crippen LogP contribution < -0.4 is 10.0 Å². The van der Waals surface area contributed by atoms with Crippen LogP contribution in [-0.2, 0) is 21.2 Å². The van der Waals surface area contributed by atoms with E-state index in [1.807, 2.05) is 0 Å². The first kappa shape index (κ1) is 23.8. The third-order valence-electron chi connectivity index (χ3n) is 4.90. The summed E-state index contributed by atoms with van der Waals surface area (Å²) < 4.78 is 37.4. The zero-order valence-electron chi connectivity index (χ0n) is 17.3. The molecular weight excluding hydrogens is 544 g/mol. The maximum atomic E-state index is 13.2. The number of halogens is 1. The number of nitrogens with one attached hydrogen (secondary N) is 2. The van der Waals surface area contributed by atoms with E-state index in [-0.39, 0.29) is 28.1 Å². The summed E-state index contributed by atoms with van der Waals surface area (Å²) in [6.45, 7) is 0. The van der Waals surface area contributed by atoms with Crippen molar-refractivity contribution in [1.29, 1.82) is 0 Å². The average molecular weight is 561 g/mol. The number of aromatic nitrogens is 2. The van der Waals surface area contributed by atoms with Crippen molar-refractivity contribution in [3.63, 3.8) is 0 Å². The molecule has 174 valence electrons. The Balaban J connectivity index is 1.63. The molecule has 0 aliphatic heterocycles. The molecule has 3 aromatic carbocycles. The molecule has 0 bridgehead atoms. The summed E-state index contributed by atoms with van der Waals surface area (Å²) in [6.07, 6.45) is 0.0678. The quantitative estimate of drug-likeness (QED) is 0.298. The number of hydrogen-bond donors (Lipinski definition) is 3. The smallest absolute Gasteiger partial charge is 0.326 e. The third-order valence-corrected chi connectivity index (χ3v) is 7.33. The minimum Gasteiger partial charge on any atom is -0.480 e. The van der Waals surface area contributed by atoms with Gasteiger partial charge < -0.3 is 10.4 Å². The molecule has 34 heavy (non-hydrogen) atoms. The van der Waals surface area contributed by atoms with Crippen LogP contribution in [-0.4, -0.2) is 40.2 Å². The van der Waals surface area contributed by atoms with Gasteiger partial charge in [0.15, 0.2) is 0 Å². The number of carboxylic acids is 1. The standard InChI is InChI=1S/C22H17BrN4O5S2/c23-14-9-10-15(21(28)24-18(22(29)30)11-13-5-2-1-3-6-13)17(12-14)27-34(31,32)19-8-4-7-16-20(19)26-33-25-16/h1-10,12,18,27H,11H2,(H,24,28)(H,29,30). The molecule has 1 atom stereocenters. The Bertz CT molecular complexity index is 1480. The number of fused-ring (bicyclic) bond motifs is 1. The molecule has 0 aliphatic rings. The largest absolute Gasteiger partial charge is 0.480 e. The van der Waals surface area contributed by atoms with Gasteiger partial charge in [0.05, 0.1) is 23.0 Å². The van der Waals surface area contributed by atoms with Gasteiger partial charge in [0.25, 0.3) is 15.9 Å². The van der Waals surface area contributed by atoms with E-state index in [4.69, 9.17) is 0 Å². The summed E-state index contributed by atoms with van der Waals surface area (Å²) in [5.41, 5.74) is 1.34. The maximum absolute atomic E-state index is 13.2. The van der Waals surface area contributed by atoms with Gasteiger partial charge in [-0.05, 0) is 35.9 Å². The number of amides is 1. The molecule has 0 spiro atoms. The summed E-state index contributed by atoms with van der Waals surface area (Å²) in [4.78, 5) is 24.7. The van der Waals surface area contributed by atoms with Crippen LogP contribution in [0.15, 0.2) is 76.1 Å². The number of sulfonamides is 1. The predicted octanol–water partition coefficient (Wildman–Crippen LogP) is 3.68. The van der Waals surface area contributed by atoms with E-state index in [0.717, 1.165) is 17.3 Å². The molecule has 0 saturated carbocycles. The summed E-state index contributed by atoms with van der Waals surface area (Å²) in [5, 5.41) is 12.1. The average Bonchev–Trinajstić information content (AvgIpc) is 3.28. The third kappa shape index (κ3) is 5.24. The highest BCUT2D eigenvalue weighted by Gasteiger charge is 2.25. The van der Waals surface area contributed by atoms with Crippen molar-refractivity contribution in [2.24, 2.45) is 0 Å². The van der Waals surface area contributed by atoms with E-state index >= 15 is 0 Å². The van der Waals surface area contributed by atoms with Crippen LogP contribution in [0.25, 0.3) is 11.0 Å². The van der Waals surface area contributed by atoms with Crippen LogP contribution in [0.2, 0.25) is 0 Å². The monoisotopic (exact) mass is 560 g/mol. The topological polar surface area (TPSA) is 138 Å². The molecule has 12 heteroatoms. The Morgan fingerprint density at radius 2 is 1.79 bits per heavy atom. The molecule has 4 rings (SSSR count). The van der Waals surface area contributed by atoms with Gasteiger partial charge >= 0.3 is 5.97 Å². The van der Waals surface area contributed by atoms with E-state index in [9.17, 15) is 23.1 Å². The molecule has 1 unspecified atom stereocenters. The summed E-state index contributed by atoms with van der Waals surface area (Å²) in [7, 11) is -4.14. The number of nitrogens with zero attached hydrogens (tertiary/aromatic N) is 2. The van der Waals surface area contributed by atoms with Crippen molar-refractivity contribution in [3.8, 4) is 0 Å². The Morgan fingerprint density at radius 3 is 2.53 bits per heavy atom. The van der Waals surface area contributed by atoms with Gasteiger partial charge in [-0.15, -0.1) is 0 Å². The Morgan fingerprint density at radius 1 is 1.03 bits per heavy atom. The zero-order valence-corrected chi connectivity index (χ0v) is 20.5. The second-order valence-corrected chi connectivity index (χ2v) is 10.3. The number of carbonyl (C=O) groups is 2. The molecule has 1 aromatic heterocycles. The van der Waals surface area contributed by atoms with Crippen LogP contribution in [0, 0.1) is 0 Å². The van der Waals surface area contributed by atoms with E-state index < -0.39 is 27.9 Å². The fourth-order valence-electron chi connectivity index (χ4n) is 3.28. The SMILES string of the molecule is O=C(NC(Cc1ccccc1)C(=O)O)c1ccc(Br)cc1NS(=O)(=O)c1cccc2nsnc12. The van der Waals surface area contributed by atoms with Crippen LogP contribution in [0.1, 0.15) is 15.9 Å². The van der Waals surface area contributed by atoms with Crippen molar-refractivity contribution in [2.75, 3.05) is 4.72 Å². The molecule has 0 aliphatic carbocycles. The van der Waals surface area contributed by atoms with Crippen LogP contribution in [0.5, 0.6) is 0 Å². The Hall–Kier alpha value is -3.35. The molecule has 0 saturated heterocycles. The maximum Gasteiger partial charge on any atom is 0.326 e. The van der Waals surface area contributed by atoms with Gasteiger partial charge in [-0.2, -0.15) is 8.75 Å². The van der Waals surface area contributed by atoms with Crippen molar-refractivity contribution in [3.05, 3.63) is 82.3 Å². The van der Waals surface area contributed by atoms with E-state index in [1.54, 1.807) is 48.5 Å². The highest BCUT2D eigenvalue weighted by atomic mass is 79.9. The first-order chi connectivity index (χ1) is 16.2. The lowest BCUT2D eigenvalue weighted by Gasteiger charge is -2.17. The van der Waals surface area contributed by atoms with Gasteiger partial charge in [-0.1, -0.05) is 52.3 Å². The van der Waals surface area contributed by atoms with Gasteiger partial charge in [0.1, 0.15) is 22.0 Å². The van der Waals surface area contributed by atoms with Crippen LogP contribution >= 0.6 is 27.7 Å². The minimum atomic E-state index is -4.14. The van der Waals surface area contributed by atoms with Crippen molar-refractivity contribution < 1.29 is 23.1 Å². The fraction of sp³-hybridized carbons (Fsp3) is 0.0909. The van der Waals surface area contributed by atoms with E-state index in [2.05, 4.69) is 34.7 Å². The molecule has 9 nitrogen and oxygen atoms in total. The fourth-order valence-corrected chi connectivity index (χ4v) is 5.48. The molecule has 0 radical (unpaired) electrons. The van der Waals surface area contributed by atoms with Gasteiger partial charge in [0.2, 0.25) is 0 Å². The van der Waals surface area contributed by atoms with Gasteiger partial charge in [0, 0.05) is 10.9 Å². The number of hydrogen-bond acceptors (Lipinski definition) is 7. The predicted molar refractivity (Wildman–Crippen MR) is 131 cm³/mol. The highest BCUT2D eigenvalue weighted by Crippen LogP contribution is 2.27. The van der Waals surface area contributed by atoms with Crippen molar-refractivity contribution in [2.45, 2.75) is 17.4 Å².